The zero-order valence-electron chi connectivity index (χ0n) is 23.2. The molecule has 0 aliphatic carbocycles. The minimum atomic E-state index is -3.92. The lowest BCUT2D eigenvalue weighted by Crippen LogP contribution is -2.79. The number of hydrogen-bond donors (Lipinski definition) is 8. The van der Waals surface area contributed by atoms with Gasteiger partial charge >= 0.3 is 0 Å². The van der Waals surface area contributed by atoms with E-state index in [-0.39, 0.29) is 29.0 Å². The van der Waals surface area contributed by atoms with Crippen molar-refractivity contribution in [2.24, 2.45) is 0 Å². The molecule has 1 unspecified atom stereocenters. The minimum absolute atomic E-state index is 0.0578. The van der Waals surface area contributed by atoms with Crippen LogP contribution in [-0.4, -0.2) is 122 Å². The summed E-state index contributed by atoms with van der Waals surface area (Å²) in [6.07, 6.45) is -0.613. The Labute approximate surface area is 244 Å². The zero-order valence-corrected chi connectivity index (χ0v) is 23.2. The molecule has 17 heteroatoms. The number of aldehydes is 1. The van der Waals surface area contributed by atoms with E-state index in [1.165, 1.54) is 18.2 Å². The first-order valence-electron chi connectivity index (χ1n) is 13.0. The topological polar surface area (TPSA) is 230 Å². The van der Waals surface area contributed by atoms with E-state index in [0.717, 1.165) is 14.9 Å². The van der Waals surface area contributed by atoms with Gasteiger partial charge in [0.15, 0.2) is 25.6 Å². The third-order valence-electron chi connectivity index (χ3n) is 7.90. The van der Waals surface area contributed by atoms with Gasteiger partial charge in [-0.15, -0.1) is 0 Å². The molecule has 1 atom stereocenters. The number of phenolic OH excluding ortho intramolecular Hbond substituents is 3. The summed E-state index contributed by atoms with van der Waals surface area (Å²) in [7, 11) is 1.89. The Morgan fingerprint density at radius 2 is 1.74 bits per heavy atom. The second-order valence-electron chi connectivity index (χ2n) is 10.3. The molecule has 2 amide bonds. The number of nitrogens with zero attached hydrogens (tertiary/aromatic N) is 2. The second kappa shape index (κ2) is 11.6. The first-order valence-corrected chi connectivity index (χ1v) is 13.0. The van der Waals surface area contributed by atoms with Crippen LogP contribution in [0.3, 0.4) is 0 Å². The number of hydrogen-bond acceptors (Lipinski definition) is 13. The Balaban J connectivity index is 1.68. The van der Waals surface area contributed by atoms with Crippen molar-refractivity contribution in [1.29, 1.82) is 0 Å². The normalized spacial score (nSPS) is 17.3. The van der Waals surface area contributed by atoms with Gasteiger partial charge in [0.2, 0.25) is 11.7 Å². The Bertz CT molecular complexity index is 1450. The summed E-state index contributed by atoms with van der Waals surface area (Å²) in [6, 6.07) is 4.02. The lowest BCUT2D eigenvalue weighted by molar-refractivity contribution is -0.352. The molecule has 0 spiro atoms. The number of carbonyl (C=O) groups is 3. The monoisotopic (exact) mass is 607 g/mol. The number of fused-ring (bicyclic) bond motifs is 1. The predicted molar refractivity (Wildman–Crippen MR) is 144 cm³/mol. The van der Waals surface area contributed by atoms with Crippen LogP contribution >= 0.6 is 0 Å². The fraction of sp³-hybridized carbons (Fsp3) is 0.423. The molecule has 2 aromatic rings. The van der Waals surface area contributed by atoms with Crippen LogP contribution in [0.5, 0.6) is 23.0 Å². The maximum atomic E-state index is 15.6. The number of aliphatic hydroxyl groups is 4. The van der Waals surface area contributed by atoms with Gasteiger partial charge in [0.25, 0.3) is 17.5 Å². The average Bonchev–Trinajstić information content (AvgIpc) is 3.34. The molecular formula is C26H31BFN3O12. The number of phenols is 3. The van der Waals surface area contributed by atoms with Gasteiger partial charge in [-0.05, 0) is 12.1 Å². The van der Waals surface area contributed by atoms with Crippen molar-refractivity contribution in [1.82, 2.24) is 15.1 Å². The van der Waals surface area contributed by atoms with Crippen molar-refractivity contribution in [3.63, 3.8) is 0 Å². The van der Waals surface area contributed by atoms with E-state index in [1.54, 1.807) is 4.90 Å². The Morgan fingerprint density at radius 1 is 1.12 bits per heavy atom. The standard InChI is InChI=1S/C26H31BFN3O12/c1-29-23(37)25(27,26(40,41)24(38,39)12-32)31-10-14-13(22(31)36)3-2-4-17(14)43-11-16-18(28)15(19(33)21(35)20(16)34)9-30-5-7-42-8-6-30/h2-4,12,33-35,38-41H,5-11,27H2,1H3,(H,29,37). The van der Waals surface area contributed by atoms with Gasteiger partial charge in [-0.25, -0.2) is 4.39 Å². The Kier molecular flexibility index (Phi) is 8.61. The number of nitrogens with one attached hydrogen (secondary N) is 1. The third-order valence-corrected chi connectivity index (χ3v) is 7.90. The molecule has 2 aromatic carbocycles. The predicted octanol–water partition coefficient (Wildman–Crippen LogP) is -3.05. The summed E-state index contributed by atoms with van der Waals surface area (Å²) in [5, 5.41) is 74.6. The van der Waals surface area contributed by atoms with Crippen molar-refractivity contribution in [3.05, 3.63) is 46.3 Å². The van der Waals surface area contributed by atoms with Crippen molar-refractivity contribution in [3.8, 4) is 23.0 Å². The SMILES string of the molecule is BC(C(=O)NC)(N1Cc2c(OCc3c(O)c(O)c(O)c(CN4CCOCC4)c3F)cccc2C1=O)C(O)(O)C(O)(O)C=O. The zero-order chi connectivity index (χ0) is 31.9. The summed E-state index contributed by atoms with van der Waals surface area (Å²) >= 11 is 0. The van der Waals surface area contributed by atoms with Crippen molar-refractivity contribution in [2.45, 2.75) is 36.7 Å². The van der Waals surface area contributed by atoms with Crippen LogP contribution in [0.4, 0.5) is 4.39 Å². The van der Waals surface area contributed by atoms with E-state index in [0.29, 0.717) is 31.2 Å². The molecule has 2 heterocycles. The number of halogens is 1. The highest BCUT2D eigenvalue weighted by molar-refractivity contribution is 6.31. The first-order chi connectivity index (χ1) is 20.1. The van der Waals surface area contributed by atoms with Crippen molar-refractivity contribution >= 4 is 25.9 Å². The summed E-state index contributed by atoms with van der Waals surface area (Å²) in [5.41, 5.74) is -3.70. The molecule has 1 fully saturated rings. The Hall–Kier alpha value is -4.00. The number of rotatable bonds is 10. The van der Waals surface area contributed by atoms with Crippen LogP contribution in [0.15, 0.2) is 18.2 Å². The van der Waals surface area contributed by atoms with Crippen LogP contribution in [0.25, 0.3) is 0 Å². The van der Waals surface area contributed by atoms with Crippen molar-refractivity contribution in [2.75, 3.05) is 33.4 Å². The smallest absolute Gasteiger partial charge is 0.278 e. The molecular weight excluding hydrogens is 576 g/mol. The van der Waals surface area contributed by atoms with E-state index in [9.17, 15) is 50.1 Å². The van der Waals surface area contributed by atoms with Crippen molar-refractivity contribution < 1.29 is 64.0 Å². The van der Waals surface area contributed by atoms with E-state index in [2.05, 4.69) is 5.32 Å². The number of carbonyl (C=O) groups excluding carboxylic acids is 3. The van der Waals surface area contributed by atoms with Crippen LogP contribution in [0.2, 0.25) is 0 Å². The average molecular weight is 607 g/mol. The Morgan fingerprint density at radius 3 is 2.35 bits per heavy atom. The number of morpholine rings is 1. The molecule has 232 valence electrons. The van der Waals surface area contributed by atoms with Gasteiger partial charge in [-0.3, -0.25) is 19.3 Å². The van der Waals surface area contributed by atoms with Gasteiger partial charge in [-0.1, -0.05) is 6.07 Å². The van der Waals surface area contributed by atoms with E-state index in [1.807, 2.05) is 0 Å². The van der Waals surface area contributed by atoms with Gasteiger partial charge in [0, 0.05) is 43.4 Å². The number of likely N-dealkylation sites (N-methyl/N-ethyl adjacent to an activating group) is 1. The summed E-state index contributed by atoms with van der Waals surface area (Å²) in [6.45, 7) is 0.255. The lowest BCUT2D eigenvalue weighted by atomic mass is 9.65. The fourth-order valence-corrected chi connectivity index (χ4v) is 5.15. The molecule has 2 aliphatic rings. The molecule has 0 aromatic heterocycles. The van der Waals surface area contributed by atoms with E-state index in [4.69, 9.17) is 9.47 Å². The van der Waals surface area contributed by atoms with Crippen LogP contribution in [0.1, 0.15) is 27.0 Å². The lowest BCUT2D eigenvalue weighted by Gasteiger charge is -2.48. The van der Waals surface area contributed by atoms with E-state index < -0.39 is 76.9 Å². The van der Waals surface area contributed by atoms with Gasteiger partial charge in [-0.2, -0.15) is 0 Å². The van der Waals surface area contributed by atoms with Gasteiger partial charge in [0.1, 0.15) is 23.6 Å². The minimum Gasteiger partial charge on any atom is -0.504 e. The fourth-order valence-electron chi connectivity index (χ4n) is 5.15. The molecule has 8 N–H and O–H groups in total. The maximum Gasteiger partial charge on any atom is 0.278 e. The highest BCUT2D eigenvalue weighted by atomic mass is 19.1. The summed E-state index contributed by atoms with van der Waals surface area (Å²) in [5.74, 6) is -14.0. The quantitative estimate of drug-likeness (QED) is 0.0582. The molecule has 2 aliphatic heterocycles. The van der Waals surface area contributed by atoms with E-state index >= 15 is 4.39 Å². The van der Waals surface area contributed by atoms with Crippen LogP contribution in [-0.2, 0) is 34.0 Å². The maximum absolute atomic E-state index is 15.6. The molecule has 15 nitrogen and oxygen atoms in total. The summed E-state index contributed by atoms with van der Waals surface area (Å²) < 4.78 is 26.6. The molecule has 43 heavy (non-hydrogen) atoms. The number of aromatic hydroxyl groups is 3. The number of benzene rings is 2. The highest BCUT2D eigenvalue weighted by Crippen LogP contribution is 2.44. The number of ether oxygens (including phenoxy) is 2. The summed E-state index contributed by atoms with van der Waals surface area (Å²) in [4.78, 5) is 40.0. The third kappa shape index (κ3) is 5.13. The molecule has 0 radical (unpaired) electrons. The highest BCUT2D eigenvalue weighted by Gasteiger charge is 2.67. The second-order valence-corrected chi connectivity index (χ2v) is 10.3. The van der Waals surface area contributed by atoms with Crippen LogP contribution < -0.4 is 10.1 Å². The molecule has 4 rings (SSSR count). The molecule has 1 saturated heterocycles. The molecule has 0 saturated carbocycles. The first kappa shape index (κ1) is 31.9. The van der Waals surface area contributed by atoms with Gasteiger partial charge < -0.3 is 55.4 Å². The van der Waals surface area contributed by atoms with Crippen LogP contribution in [0, 0.1) is 5.82 Å². The largest absolute Gasteiger partial charge is 0.504 e. The molecule has 0 bridgehead atoms. The van der Waals surface area contributed by atoms with Gasteiger partial charge in [0.05, 0.1) is 25.3 Å². The number of amides is 2.